The predicted molar refractivity (Wildman–Crippen MR) is 216 cm³/mol. The van der Waals surface area contributed by atoms with Crippen LogP contribution in [0.5, 0.6) is 0 Å². The van der Waals surface area contributed by atoms with Crippen molar-refractivity contribution in [2.75, 3.05) is 0 Å². The fourth-order valence-corrected chi connectivity index (χ4v) is 6.02. The Labute approximate surface area is 302 Å². The summed E-state index contributed by atoms with van der Waals surface area (Å²) >= 11 is 0. The normalized spacial score (nSPS) is 13.0. The summed E-state index contributed by atoms with van der Waals surface area (Å²) in [6.07, 6.45) is 5.66. The standard InChI is InChI=1S/C16H15NO.C12H18.C7H16.C6H13NO2S.2CH4/c1-11(2)18-17-16-14-9-5-3-7-12(14)13-8-4-6-10-15(13)16;1-11(2)7-6-10-12-8-4-3-5-9-12;1-6(2)7(3,4)5;1-5(2)7-10(8,9)6-3-4-6;;/h3-11H,1-2H3;3-5,8-9,11H,6-7,10H2,1-2H3;6H,1-5H3;5-7H,3-4H2,1-2H3;2*1H4. The van der Waals surface area contributed by atoms with Crippen LogP contribution in [0.25, 0.3) is 11.1 Å². The highest BCUT2D eigenvalue weighted by Crippen LogP contribution is 2.36. The number of nitrogens with one attached hydrogen (secondary N) is 1. The second kappa shape index (κ2) is 22.0. The molecule has 1 N–H and O–H groups in total. The van der Waals surface area contributed by atoms with E-state index >= 15 is 0 Å². The smallest absolute Gasteiger partial charge is 0.214 e. The van der Waals surface area contributed by atoms with E-state index in [0.717, 1.165) is 41.5 Å². The Hall–Kier alpha value is -2.96. The summed E-state index contributed by atoms with van der Waals surface area (Å²) in [7, 11) is -2.94. The molecule has 0 spiro atoms. The number of rotatable bonds is 9. The average molecular weight is 695 g/mol. The van der Waals surface area contributed by atoms with Crippen LogP contribution in [0.1, 0.15) is 133 Å². The number of hydrogen-bond donors (Lipinski definition) is 1. The zero-order valence-corrected chi connectivity index (χ0v) is 31.8. The fourth-order valence-electron chi connectivity index (χ4n) is 4.41. The Morgan fingerprint density at radius 1 is 0.735 bits per heavy atom. The molecule has 0 atom stereocenters. The van der Waals surface area contributed by atoms with Crippen LogP contribution < -0.4 is 4.72 Å². The summed E-state index contributed by atoms with van der Waals surface area (Å²) in [5, 5.41) is 4.23. The summed E-state index contributed by atoms with van der Waals surface area (Å²) in [5.74, 6) is 1.64. The number of nitrogens with zero attached hydrogens (tertiary/aromatic N) is 1. The van der Waals surface area contributed by atoms with Gasteiger partial charge in [0.05, 0.1) is 5.25 Å². The first-order chi connectivity index (χ1) is 22.0. The van der Waals surface area contributed by atoms with Gasteiger partial charge in [-0.25, -0.2) is 13.1 Å². The second-order valence-electron chi connectivity index (χ2n) is 15.0. The highest BCUT2D eigenvalue weighted by Gasteiger charge is 2.35. The van der Waals surface area contributed by atoms with Gasteiger partial charge in [-0.05, 0) is 87.3 Å². The van der Waals surface area contributed by atoms with Crippen LogP contribution in [0.15, 0.2) is 84.0 Å². The highest BCUT2D eigenvalue weighted by molar-refractivity contribution is 7.90. The SMILES string of the molecule is C.C.CC(C)C(C)(C)C.CC(C)CCCc1ccccc1.CC(C)NS(=O)(=O)C1CC1.CC(C)ON=C1c2ccccc2-c2ccccc21. The molecule has 0 aliphatic heterocycles. The maximum absolute atomic E-state index is 11.1. The molecule has 0 bridgehead atoms. The van der Waals surface area contributed by atoms with Crippen LogP contribution in [0, 0.1) is 17.3 Å². The van der Waals surface area contributed by atoms with Crippen molar-refractivity contribution in [2.45, 2.75) is 141 Å². The van der Waals surface area contributed by atoms with Crippen molar-refractivity contribution in [1.29, 1.82) is 0 Å². The van der Waals surface area contributed by atoms with Crippen LogP contribution in [-0.2, 0) is 21.3 Å². The summed E-state index contributed by atoms with van der Waals surface area (Å²) in [6.45, 7) is 23.5. The second-order valence-corrected chi connectivity index (χ2v) is 17.0. The minimum Gasteiger partial charge on any atom is -0.393 e. The monoisotopic (exact) mass is 695 g/mol. The van der Waals surface area contributed by atoms with Gasteiger partial charge < -0.3 is 4.84 Å². The molecule has 49 heavy (non-hydrogen) atoms. The van der Waals surface area contributed by atoms with E-state index in [9.17, 15) is 8.42 Å². The lowest BCUT2D eigenvalue weighted by molar-refractivity contribution is 0.0863. The Bertz CT molecular complexity index is 1420. The number of benzene rings is 3. The molecule has 5 nitrogen and oxygen atoms in total. The number of aryl methyl sites for hydroxylation is 1. The van der Waals surface area contributed by atoms with Gasteiger partial charge >= 0.3 is 0 Å². The van der Waals surface area contributed by atoms with Crippen LogP contribution in [-0.4, -0.2) is 31.5 Å². The Balaban J connectivity index is 0.000000657. The lowest BCUT2D eigenvalue weighted by Crippen LogP contribution is -2.32. The summed E-state index contributed by atoms with van der Waals surface area (Å²) in [4.78, 5) is 5.43. The minimum absolute atomic E-state index is 0. The molecule has 276 valence electrons. The zero-order valence-electron chi connectivity index (χ0n) is 31.0. The Kier molecular flexibility index (Phi) is 20.7. The number of hydrogen-bond acceptors (Lipinski definition) is 4. The first-order valence-corrected chi connectivity index (χ1v) is 19.1. The quantitative estimate of drug-likeness (QED) is 0.177. The first kappa shape index (κ1) is 46.0. The van der Waals surface area contributed by atoms with Crippen molar-refractivity contribution in [3.8, 4) is 11.1 Å². The van der Waals surface area contributed by atoms with Gasteiger partial charge in [0.2, 0.25) is 10.0 Å². The summed E-state index contributed by atoms with van der Waals surface area (Å²) in [6, 6.07) is 27.4. The number of fused-ring (bicyclic) bond motifs is 3. The molecule has 0 aromatic heterocycles. The fraction of sp³-hybridized carbons (Fsp3) is 0.558. The van der Waals surface area contributed by atoms with E-state index in [1.54, 1.807) is 0 Å². The van der Waals surface area contributed by atoms with E-state index < -0.39 is 10.0 Å². The molecule has 2 aliphatic rings. The van der Waals surface area contributed by atoms with E-state index in [1.165, 1.54) is 36.0 Å². The molecule has 0 amide bonds. The van der Waals surface area contributed by atoms with Crippen molar-refractivity contribution in [1.82, 2.24) is 4.72 Å². The van der Waals surface area contributed by atoms with Gasteiger partial charge in [0.1, 0.15) is 11.8 Å². The number of sulfonamides is 1. The van der Waals surface area contributed by atoms with Crippen LogP contribution >= 0.6 is 0 Å². The predicted octanol–water partition coefficient (Wildman–Crippen LogP) is 11.9. The molecule has 3 aromatic carbocycles. The molecular weight excluding hydrogens is 625 g/mol. The van der Waals surface area contributed by atoms with Crippen LogP contribution in [0.3, 0.4) is 0 Å². The molecule has 0 radical (unpaired) electrons. The molecule has 0 unspecified atom stereocenters. The minimum atomic E-state index is -2.94. The largest absolute Gasteiger partial charge is 0.393 e. The Morgan fingerprint density at radius 3 is 1.53 bits per heavy atom. The highest BCUT2D eigenvalue weighted by atomic mass is 32.2. The number of oxime groups is 1. The molecule has 2 aliphatic carbocycles. The lowest BCUT2D eigenvalue weighted by Gasteiger charge is -2.22. The third kappa shape index (κ3) is 17.0. The molecule has 1 saturated carbocycles. The molecule has 1 fully saturated rings. The zero-order chi connectivity index (χ0) is 35.2. The van der Waals surface area contributed by atoms with Crippen molar-refractivity contribution in [3.63, 3.8) is 0 Å². The van der Waals surface area contributed by atoms with Crippen LogP contribution in [0.2, 0.25) is 0 Å². The van der Waals surface area contributed by atoms with Gasteiger partial charge in [-0.1, -0.05) is 154 Å². The molecule has 3 aromatic rings. The van der Waals surface area contributed by atoms with E-state index in [2.05, 4.69) is 125 Å². The molecule has 0 heterocycles. The van der Waals surface area contributed by atoms with Gasteiger partial charge in [0, 0.05) is 17.2 Å². The van der Waals surface area contributed by atoms with E-state index in [1.807, 2.05) is 39.8 Å². The average Bonchev–Trinajstić information content (AvgIpc) is 3.81. The molecule has 5 rings (SSSR count). The summed E-state index contributed by atoms with van der Waals surface area (Å²) < 4.78 is 24.7. The topological polar surface area (TPSA) is 67.8 Å². The van der Waals surface area contributed by atoms with Gasteiger partial charge in [-0.3, -0.25) is 0 Å². The van der Waals surface area contributed by atoms with Crippen molar-refractivity contribution >= 4 is 15.7 Å². The lowest BCUT2D eigenvalue weighted by atomic mass is 9.84. The molecular formula is C43H70N2O3S. The molecule has 0 saturated heterocycles. The van der Waals surface area contributed by atoms with E-state index in [4.69, 9.17) is 4.84 Å². The van der Waals surface area contributed by atoms with Gasteiger partial charge in [0.15, 0.2) is 0 Å². The third-order valence-corrected chi connectivity index (χ3v) is 10.3. The van der Waals surface area contributed by atoms with Gasteiger partial charge in [0.25, 0.3) is 0 Å². The van der Waals surface area contributed by atoms with Gasteiger partial charge in [-0.15, -0.1) is 0 Å². The maximum atomic E-state index is 11.1. The summed E-state index contributed by atoms with van der Waals surface area (Å²) in [5.41, 5.74) is 7.69. The van der Waals surface area contributed by atoms with Gasteiger partial charge in [-0.2, -0.15) is 0 Å². The van der Waals surface area contributed by atoms with E-state index in [-0.39, 0.29) is 32.2 Å². The maximum Gasteiger partial charge on any atom is 0.214 e. The third-order valence-electron chi connectivity index (χ3n) is 8.19. The first-order valence-electron chi connectivity index (χ1n) is 17.5. The molecule has 6 heteroatoms. The van der Waals surface area contributed by atoms with Crippen molar-refractivity contribution in [3.05, 3.63) is 95.6 Å². The van der Waals surface area contributed by atoms with E-state index in [0.29, 0.717) is 5.41 Å². The Morgan fingerprint density at radius 2 is 1.16 bits per heavy atom. The van der Waals surface area contributed by atoms with Crippen molar-refractivity contribution < 1.29 is 13.3 Å². The van der Waals surface area contributed by atoms with Crippen LogP contribution in [0.4, 0.5) is 0 Å². The van der Waals surface area contributed by atoms with Crippen molar-refractivity contribution in [2.24, 2.45) is 22.4 Å².